The van der Waals surface area contributed by atoms with Crippen molar-refractivity contribution < 1.29 is 19.1 Å². The number of hydrogen-bond donors (Lipinski definition) is 1. The van der Waals surface area contributed by atoms with Gasteiger partial charge in [0.2, 0.25) is 0 Å². The molecule has 0 aliphatic carbocycles. The van der Waals surface area contributed by atoms with E-state index in [1.165, 1.54) is 5.56 Å². The highest BCUT2D eigenvalue weighted by Gasteiger charge is 2.15. The minimum Gasteiger partial charge on any atom is -0.481 e. The Morgan fingerprint density at radius 3 is 2.35 bits per heavy atom. The first-order valence-corrected chi connectivity index (χ1v) is 8.72. The number of carbonyl (C=O) groups excluding carboxylic acids is 2. The second kappa shape index (κ2) is 9.04. The Morgan fingerprint density at radius 1 is 1.04 bits per heavy atom. The SMILES string of the molecule is CCCOC(=O)c1ccc(NC(=O)C(C)Oc2ccc(C)c(C)c2)cc1. The van der Waals surface area contributed by atoms with Crippen molar-refractivity contribution in [1.29, 1.82) is 0 Å². The van der Waals surface area contributed by atoms with Crippen molar-refractivity contribution in [2.75, 3.05) is 11.9 Å². The predicted octanol–water partition coefficient (Wildman–Crippen LogP) is 4.28. The Hall–Kier alpha value is -2.82. The minimum absolute atomic E-state index is 0.260. The van der Waals surface area contributed by atoms with E-state index < -0.39 is 6.10 Å². The molecule has 0 bridgehead atoms. The van der Waals surface area contributed by atoms with Crippen molar-refractivity contribution in [1.82, 2.24) is 0 Å². The van der Waals surface area contributed by atoms with Crippen LogP contribution in [0.3, 0.4) is 0 Å². The fourth-order valence-electron chi connectivity index (χ4n) is 2.26. The topological polar surface area (TPSA) is 64.6 Å². The van der Waals surface area contributed by atoms with Crippen molar-refractivity contribution in [3.05, 3.63) is 59.2 Å². The van der Waals surface area contributed by atoms with Crippen molar-refractivity contribution in [3.63, 3.8) is 0 Å². The summed E-state index contributed by atoms with van der Waals surface area (Å²) >= 11 is 0. The van der Waals surface area contributed by atoms with Crippen LogP contribution in [0.2, 0.25) is 0 Å². The number of benzene rings is 2. The van der Waals surface area contributed by atoms with E-state index in [2.05, 4.69) is 5.32 Å². The van der Waals surface area contributed by atoms with Gasteiger partial charge in [0.25, 0.3) is 5.91 Å². The number of hydrogen-bond acceptors (Lipinski definition) is 4. The fourth-order valence-corrected chi connectivity index (χ4v) is 2.26. The molecule has 0 spiro atoms. The quantitative estimate of drug-likeness (QED) is 0.753. The molecule has 5 heteroatoms. The lowest BCUT2D eigenvalue weighted by molar-refractivity contribution is -0.122. The third-order valence-electron chi connectivity index (χ3n) is 3.99. The molecule has 0 radical (unpaired) electrons. The van der Waals surface area contributed by atoms with Crippen LogP contribution in [0.15, 0.2) is 42.5 Å². The van der Waals surface area contributed by atoms with Crippen molar-refractivity contribution in [2.24, 2.45) is 0 Å². The molecule has 1 amide bonds. The molecule has 26 heavy (non-hydrogen) atoms. The van der Waals surface area contributed by atoms with Gasteiger partial charge in [-0.1, -0.05) is 13.0 Å². The first-order valence-electron chi connectivity index (χ1n) is 8.72. The molecule has 0 fully saturated rings. The molecule has 1 N–H and O–H groups in total. The second-order valence-corrected chi connectivity index (χ2v) is 6.21. The van der Waals surface area contributed by atoms with Crippen LogP contribution in [-0.4, -0.2) is 24.6 Å². The monoisotopic (exact) mass is 355 g/mol. The molecule has 0 aliphatic rings. The number of ether oxygens (including phenoxy) is 2. The number of rotatable bonds is 7. The molecule has 1 unspecified atom stereocenters. The van der Waals surface area contributed by atoms with E-state index >= 15 is 0 Å². The van der Waals surface area contributed by atoms with E-state index in [0.29, 0.717) is 23.6 Å². The summed E-state index contributed by atoms with van der Waals surface area (Å²) < 4.78 is 10.8. The largest absolute Gasteiger partial charge is 0.481 e. The predicted molar refractivity (Wildman–Crippen MR) is 102 cm³/mol. The van der Waals surface area contributed by atoms with Crippen molar-refractivity contribution in [3.8, 4) is 5.75 Å². The first-order chi connectivity index (χ1) is 12.4. The molecular formula is C21H25NO4. The summed E-state index contributed by atoms with van der Waals surface area (Å²) in [5.41, 5.74) is 3.33. The number of amides is 1. The van der Waals surface area contributed by atoms with Crippen LogP contribution in [0.25, 0.3) is 0 Å². The van der Waals surface area contributed by atoms with Gasteiger partial charge in [-0.15, -0.1) is 0 Å². The molecule has 2 aromatic carbocycles. The van der Waals surface area contributed by atoms with Crippen molar-refractivity contribution >= 4 is 17.6 Å². The second-order valence-electron chi connectivity index (χ2n) is 6.21. The van der Waals surface area contributed by atoms with Gasteiger partial charge in [0.1, 0.15) is 5.75 Å². The number of esters is 1. The summed E-state index contributed by atoms with van der Waals surface area (Å²) in [4.78, 5) is 24.1. The zero-order valence-corrected chi connectivity index (χ0v) is 15.7. The Labute approximate surface area is 154 Å². The highest BCUT2D eigenvalue weighted by Crippen LogP contribution is 2.18. The van der Waals surface area contributed by atoms with Gasteiger partial charge in [0.15, 0.2) is 6.10 Å². The summed E-state index contributed by atoms with van der Waals surface area (Å²) in [6, 6.07) is 12.3. The zero-order valence-electron chi connectivity index (χ0n) is 15.7. The summed E-state index contributed by atoms with van der Waals surface area (Å²) in [5.74, 6) is 0.0328. The molecule has 138 valence electrons. The lowest BCUT2D eigenvalue weighted by Gasteiger charge is -2.15. The summed E-state index contributed by atoms with van der Waals surface area (Å²) in [5, 5.41) is 2.78. The van der Waals surface area contributed by atoms with Crippen LogP contribution in [0.1, 0.15) is 41.8 Å². The first kappa shape index (κ1) is 19.5. The van der Waals surface area contributed by atoms with Crippen LogP contribution in [0.5, 0.6) is 5.75 Å². The highest BCUT2D eigenvalue weighted by molar-refractivity contribution is 5.95. The van der Waals surface area contributed by atoms with Gasteiger partial charge in [0, 0.05) is 5.69 Å². The maximum atomic E-state index is 12.3. The summed E-state index contributed by atoms with van der Waals surface area (Å²) in [6.07, 6.45) is 0.129. The van der Waals surface area contributed by atoms with Crippen LogP contribution in [0, 0.1) is 13.8 Å². The van der Waals surface area contributed by atoms with Crippen LogP contribution >= 0.6 is 0 Å². The van der Waals surface area contributed by atoms with E-state index in [1.54, 1.807) is 31.2 Å². The maximum Gasteiger partial charge on any atom is 0.338 e. The lowest BCUT2D eigenvalue weighted by Crippen LogP contribution is -2.30. The molecule has 0 aromatic heterocycles. The van der Waals surface area contributed by atoms with Crippen molar-refractivity contribution in [2.45, 2.75) is 40.2 Å². The smallest absolute Gasteiger partial charge is 0.338 e. The summed E-state index contributed by atoms with van der Waals surface area (Å²) in [7, 11) is 0. The third-order valence-corrected chi connectivity index (χ3v) is 3.99. The fraction of sp³-hybridized carbons (Fsp3) is 0.333. The Kier molecular flexibility index (Phi) is 6.78. The minimum atomic E-state index is -0.647. The molecule has 5 nitrogen and oxygen atoms in total. The number of aryl methyl sites for hydroxylation is 2. The van der Waals surface area contributed by atoms with Crippen LogP contribution in [-0.2, 0) is 9.53 Å². The van der Waals surface area contributed by atoms with Crippen LogP contribution in [0.4, 0.5) is 5.69 Å². The molecule has 0 heterocycles. The van der Waals surface area contributed by atoms with Crippen LogP contribution < -0.4 is 10.1 Å². The van der Waals surface area contributed by atoms with E-state index in [-0.39, 0.29) is 11.9 Å². The van der Waals surface area contributed by atoms with Gasteiger partial charge in [-0.2, -0.15) is 0 Å². The third kappa shape index (κ3) is 5.34. The summed E-state index contributed by atoms with van der Waals surface area (Å²) in [6.45, 7) is 8.05. The molecule has 1 atom stereocenters. The molecule has 2 rings (SSSR count). The van der Waals surface area contributed by atoms with Gasteiger partial charge in [-0.05, 0) is 74.7 Å². The number of anilines is 1. The Balaban J connectivity index is 1.93. The van der Waals surface area contributed by atoms with E-state index in [9.17, 15) is 9.59 Å². The Morgan fingerprint density at radius 2 is 1.73 bits per heavy atom. The van der Waals surface area contributed by atoms with E-state index in [4.69, 9.17) is 9.47 Å². The molecule has 0 aliphatic heterocycles. The lowest BCUT2D eigenvalue weighted by atomic mass is 10.1. The normalized spacial score (nSPS) is 11.5. The molecule has 2 aromatic rings. The van der Waals surface area contributed by atoms with Gasteiger partial charge in [-0.25, -0.2) is 4.79 Å². The van der Waals surface area contributed by atoms with Gasteiger partial charge >= 0.3 is 5.97 Å². The molecule has 0 saturated heterocycles. The number of carbonyl (C=O) groups is 2. The average Bonchev–Trinajstić information content (AvgIpc) is 2.63. The standard InChI is InChI=1S/C21H25NO4/c1-5-12-25-21(24)17-7-9-18(10-8-17)22-20(23)16(4)26-19-11-6-14(2)15(3)13-19/h6-11,13,16H,5,12H2,1-4H3,(H,22,23). The van der Waals surface area contributed by atoms with Gasteiger partial charge in [0.05, 0.1) is 12.2 Å². The van der Waals surface area contributed by atoms with Gasteiger partial charge in [-0.3, -0.25) is 4.79 Å². The van der Waals surface area contributed by atoms with Gasteiger partial charge < -0.3 is 14.8 Å². The zero-order chi connectivity index (χ0) is 19.1. The average molecular weight is 355 g/mol. The maximum absolute atomic E-state index is 12.3. The number of nitrogens with one attached hydrogen (secondary N) is 1. The molecule has 0 saturated carbocycles. The van der Waals surface area contributed by atoms with E-state index in [1.807, 2.05) is 39.0 Å². The molecular weight excluding hydrogens is 330 g/mol. The van der Waals surface area contributed by atoms with E-state index in [0.717, 1.165) is 12.0 Å². The highest BCUT2D eigenvalue weighted by atomic mass is 16.5. The Bertz CT molecular complexity index is 768.